The highest BCUT2D eigenvalue weighted by molar-refractivity contribution is 5.93. The first-order valence-corrected chi connectivity index (χ1v) is 6.78. The van der Waals surface area contributed by atoms with E-state index in [1.807, 2.05) is 30.3 Å². The molecule has 0 spiro atoms. The van der Waals surface area contributed by atoms with Crippen molar-refractivity contribution in [2.75, 3.05) is 7.11 Å². The van der Waals surface area contributed by atoms with E-state index < -0.39 is 5.97 Å². The molecule has 1 heterocycles. The van der Waals surface area contributed by atoms with E-state index in [0.717, 1.165) is 16.6 Å². The summed E-state index contributed by atoms with van der Waals surface area (Å²) in [5.74, 6) is 0.400. The number of aromatic nitrogens is 1. The fraction of sp³-hybridized carbons (Fsp3) is 0.118. The molecule has 0 aliphatic heterocycles. The van der Waals surface area contributed by atoms with Crippen LogP contribution in [0.1, 0.15) is 16.1 Å². The molecule has 0 fully saturated rings. The first-order chi connectivity index (χ1) is 10.7. The molecule has 0 amide bonds. The highest BCUT2D eigenvalue weighted by Gasteiger charge is 2.08. The second kappa shape index (κ2) is 5.81. The van der Waals surface area contributed by atoms with Gasteiger partial charge in [0, 0.05) is 10.9 Å². The van der Waals surface area contributed by atoms with Crippen LogP contribution in [0.15, 0.2) is 48.5 Å². The van der Waals surface area contributed by atoms with E-state index in [-0.39, 0.29) is 5.56 Å². The Morgan fingerprint density at radius 3 is 2.64 bits per heavy atom. The number of carbonyl (C=O) groups is 1. The number of para-hydroxylation sites is 2. The molecule has 0 bridgehead atoms. The quantitative estimate of drug-likeness (QED) is 0.756. The molecule has 2 N–H and O–H groups in total. The monoisotopic (exact) mass is 297 g/mol. The van der Waals surface area contributed by atoms with Crippen LogP contribution in [0.5, 0.6) is 11.5 Å². The maximum absolute atomic E-state index is 11.0. The van der Waals surface area contributed by atoms with E-state index in [1.165, 1.54) is 0 Å². The fourth-order valence-corrected chi connectivity index (χ4v) is 2.30. The summed E-state index contributed by atoms with van der Waals surface area (Å²) in [5, 5.41) is 9.86. The average Bonchev–Trinajstić information content (AvgIpc) is 2.95. The topological polar surface area (TPSA) is 71.6 Å². The first kappa shape index (κ1) is 14.0. The zero-order valence-corrected chi connectivity index (χ0v) is 12.0. The van der Waals surface area contributed by atoms with Gasteiger partial charge in [-0.3, -0.25) is 0 Å². The van der Waals surface area contributed by atoms with Crippen LogP contribution in [0.3, 0.4) is 0 Å². The van der Waals surface area contributed by atoms with Gasteiger partial charge < -0.3 is 19.6 Å². The summed E-state index contributed by atoms with van der Waals surface area (Å²) in [4.78, 5) is 14.2. The van der Waals surface area contributed by atoms with Gasteiger partial charge in [0.15, 0.2) is 11.5 Å². The maximum atomic E-state index is 11.0. The van der Waals surface area contributed by atoms with Gasteiger partial charge in [-0.2, -0.15) is 0 Å². The van der Waals surface area contributed by atoms with Gasteiger partial charge in [0.05, 0.1) is 18.4 Å². The van der Waals surface area contributed by atoms with Gasteiger partial charge >= 0.3 is 5.97 Å². The van der Waals surface area contributed by atoms with E-state index in [9.17, 15) is 4.79 Å². The number of hydrogen-bond acceptors (Lipinski definition) is 3. The van der Waals surface area contributed by atoms with Crippen LogP contribution in [0, 0.1) is 0 Å². The lowest BCUT2D eigenvalue weighted by atomic mass is 10.1. The lowest BCUT2D eigenvalue weighted by Gasteiger charge is -2.09. The minimum Gasteiger partial charge on any atom is -0.493 e. The summed E-state index contributed by atoms with van der Waals surface area (Å²) in [5.41, 5.74) is 2.01. The molecule has 0 aliphatic rings. The Labute approximate surface area is 127 Å². The van der Waals surface area contributed by atoms with Crippen LogP contribution in [0.4, 0.5) is 0 Å². The van der Waals surface area contributed by atoms with Crippen molar-refractivity contribution in [1.29, 1.82) is 0 Å². The molecule has 0 radical (unpaired) electrons. The molecular weight excluding hydrogens is 282 g/mol. The molecule has 22 heavy (non-hydrogen) atoms. The fourth-order valence-electron chi connectivity index (χ4n) is 2.30. The zero-order chi connectivity index (χ0) is 15.5. The molecule has 0 saturated heterocycles. The largest absolute Gasteiger partial charge is 0.493 e. The van der Waals surface area contributed by atoms with Crippen molar-refractivity contribution in [2.24, 2.45) is 0 Å². The van der Waals surface area contributed by atoms with Gasteiger partial charge in [0.2, 0.25) is 0 Å². The predicted octanol–water partition coefficient (Wildman–Crippen LogP) is 3.45. The number of carboxylic acids is 1. The zero-order valence-electron chi connectivity index (χ0n) is 12.0. The number of rotatable bonds is 5. The van der Waals surface area contributed by atoms with E-state index in [1.54, 1.807) is 25.3 Å². The highest BCUT2D eigenvalue weighted by Crippen LogP contribution is 2.27. The molecular formula is C17H15NO4. The second-order valence-electron chi connectivity index (χ2n) is 4.84. The third kappa shape index (κ3) is 2.74. The highest BCUT2D eigenvalue weighted by atomic mass is 16.5. The van der Waals surface area contributed by atoms with Crippen molar-refractivity contribution in [3.05, 3.63) is 59.8 Å². The molecule has 0 aliphatic carbocycles. The van der Waals surface area contributed by atoms with E-state index in [4.69, 9.17) is 14.6 Å². The van der Waals surface area contributed by atoms with Gasteiger partial charge in [-0.15, -0.1) is 0 Å². The Morgan fingerprint density at radius 1 is 1.14 bits per heavy atom. The Kier molecular flexibility index (Phi) is 3.70. The number of carboxylic acid groups (broad SMARTS) is 1. The summed E-state index contributed by atoms with van der Waals surface area (Å²) >= 11 is 0. The SMILES string of the molecule is COc1ccccc1OCc1cc2cc(C(=O)O)ccc2[nH]1. The van der Waals surface area contributed by atoms with Gasteiger partial charge in [-0.05, 0) is 36.4 Å². The van der Waals surface area contributed by atoms with Crippen LogP contribution in [-0.4, -0.2) is 23.2 Å². The third-order valence-electron chi connectivity index (χ3n) is 3.38. The van der Waals surface area contributed by atoms with Crippen molar-refractivity contribution >= 4 is 16.9 Å². The summed E-state index contributed by atoms with van der Waals surface area (Å²) < 4.78 is 11.0. The van der Waals surface area contributed by atoms with Crippen LogP contribution < -0.4 is 9.47 Å². The van der Waals surface area contributed by atoms with E-state index in [2.05, 4.69) is 4.98 Å². The van der Waals surface area contributed by atoms with Crippen molar-refractivity contribution in [1.82, 2.24) is 4.98 Å². The minimum atomic E-state index is -0.935. The van der Waals surface area contributed by atoms with Crippen molar-refractivity contribution in [2.45, 2.75) is 6.61 Å². The normalized spacial score (nSPS) is 10.6. The predicted molar refractivity (Wildman–Crippen MR) is 82.6 cm³/mol. The number of methoxy groups -OCH3 is 1. The Morgan fingerprint density at radius 2 is 1.91 bits per heavy atom. The summed E-state index contributed by atoms with van der Waals surface area (Å²) in [7, 11) is 1.60. The molecule has 2 aromatic carbocycles. The van der Waals surface area contributed by atoms with Crippen LogP contribution in [0.25, 0.3) is 10.9 Å². The number of ether oxygens (including phenoxy) is 2. The molecule has 112 valence electrons. The van der Waals surface area contributed by atoms with Gasteiger partial charge in [0.25, 0.3) is 0 Å². The Hall–Kier alpha value is -2.95. The number of fused-ring (bicyclic) bond motifs is 1. The molecule has 0 unspecified atom stereocenters. The number of aromatic carboxylic acids is 1. The van der Waals surface area contributed by atoms with Gasteiger partial charge in [0.1, 0.15) is 6.61 Å². The molecule has 5 nitrogen and oxygen atoms in total. The number of aromatic amines is 1. The number of hydrogen-bond donors (Lipinski definition) is 2. The summed E-state index contributed by atoms with van der Waals surface area (Å²) in [6.45, 7) is 0.345. The van der Waals surface area contributed by atoms with Crippen molar-refractivity contribution in [3.63, 3.8) is 0 Å². The van der Waals surface area contributed by atoms with Crippen molar-refractivity contribution in [3.8, 4) is 11.5 Å². The van der Waals surface area contributed by atoms with Crippen LogP contribution >= 0.6 is 0 Å². The molecule has 3 aromatic rings. The second-order valence-corrected chi connectivity index (χ2v) is 4.84. The lowest BCUT2D eigenvalue weighted by Crippen LogP contribution is -1.97. The molecule has 0 atom stereocenters. The van der Waals surface area contributed by atoms with E-state index in [0.29, 0.717) is 18.1 Å². The summed E-state index contributed by atoms with van der Waals surface area (Å²) in [6.07, 6.45) is 0. The van der Waals surface area contributed by atoms with Gasteiger partial charge in [-0.25, -0.2) is 4.79 Å². The Balaban J connectivity index is 1.81. The lowest BCUT2D eigenvalue weighted by molar-refractivity contribution is 0.0697. The maximum Gasteiger partial charge on any atom is 0.335 e. The summed E-state index contributed by atoms with van der Waals surface area (Å²) in [6, 6.07) is 14.3. The smallest absolute Gasteiger partial charge is 0.335 e. The number of benzene rings is 2. The third-order valence-corrected chi connectivity index (χ3v) is 3.38. The van der Waals surface area contributed by atoms with Gasteiger partial charge in [-0.1, -0.05) is 12.1 Å². The van der Waals surface area contributed by atoms with Crippen molar-refractivity contribution < 1.29 is 19.4 Å². The molecule has 0 saturated carbocycles. The average molecular weight is 297 g/mol. The first-order valence-electron chi connectivity index (χ1n) is 6.78. The number of nitrogens with one attached hydrogen (secondary N) is 1. The Bertz CT molecular complexity index is 822. The molecule has 1 aromatic heterocycles. The number of H-pyrrole nitrogens is 1. The van der Waals surface area contributed by atoms with E-state index >= 15 is 0 Å². The molecule has 5 heteroatoms. The minimum absolute atomic E-state index is 0.267. The van der Waals surface area contributed by atoms with Crippen LogP contribution in [-0.2, 0) is 6.61 Å². The standard InChI is InChI=1S/C17H15NO4/c1-21-15-4-2-3-5-16(15)22-10-13-9-12-8-11(17(19)20)6-7-14(12)18-13/h2-9,18H,10H2,1H3,(H,19,20). The van der Waals surface area contributed by atoms with Crippen LogP contribution in [0.2, 0.25) is 0 Å². The molecule has 3 rings (SSSR count).